The first-order chi connectivity index (χ1) is 13.3. The molecule has 0 aromatic heterocycles. The molecule has 0 saturated carbocycles. The number of para-hydroxylation sites is 1. The zero-order valence-electron chi connectivity index (χ0n) is 15.8. The Hall–Kier alpha value is -3.39. The third kappa shape index (κ3) is 8.81. The summed E-state index contributed by atoms with van der Waals surface area (Å²) >= 11 is 0. The first-order valence-corrected chi connectivity index (χ1v) is 8.44. The number of hydrogen-bond donors (Lipinski definition) is 4. The Bertz CT molecular complexity index is 778. The zero-order valence-corrected chi connectivity index (χ0v) is 15.8. The van der Waals surface area contributed by atoms with Crippen molar-refractivity contribution in [3.63, 3.8) is 0 Å². The normalized spacial score (nSPS) is 9.64. The van der Waals surface area contributed by atoms with Gasteiger partial charge < -0.3 is 25.6 Å². The second kappa shape index (κ2) is 12.1. The summed E-state index contributed by atoms with van der Waals surface area (Å²) in [5, 5.41) is 20.8. The van der Waals surface area contributed by atoms with Gasteiger partial charge in [0, 0.05) is 18.7 Å². The van der Waals surface area contributed by atoms with Crippen molar-refractivity contribution in [3.05, 3.63) is 65.2 Å². The van der Waals surface area contributed by atoms with Crippen LogP contribution in [0.2, 0.25) is 0 Å². The first kappa shape index (κ1) is 22.7. The quantitative estimate of drug-likeness (QED) is 0.531. The molecule has 4 N–H and O–H groups in total. The highest BCUT2D eigenvalue weighted by Gasteiger charge is 2.04. The van der Waals surface area contributed by atoms with Crippen molar-refractivity contribution < 1.29 is 29.3 Å². The molecule has 0 aliphatic rings. The number of nitrogens with one attached hydrogen (secondary N) is 2. The number of methoxy groups -OCH3 is 1. The summed E-state index contributed by atoms with van der Waals surface area (Å²) in [6.07, 6.45) is 0. The predicted molar refractivity (Wildman–Crippen MR) is 103 cm³/mol. The number of hydrogen-bond acceptors (Lipinski definition) is 5. The van der Waals surface area contributed by atoms with Crippen LogP contribution in [-0.4, -0.2) is 41.7 Å². The molecule has 0 radical (unpaired) electrons. The fourth-order valence-electron chi connectivity index (χ4n) is 2.13. The molecule has 28 heavy (non-hydrogen) atoms. The average Bonchev–Trinajstić information content (AvgIpc) is 2.68. The molecule has 0 spiro atoms. The summed E-state index contributed by atoms with van der Waals surface area (Å²) in [6.45, 7) is 3.48. The van der Waals surface area contributed by atoms with E-state index in [4.69, 9.17) is 24.5 Å². The molecule has 0 fully saturated rings. The van der Waals surface area contributed by atoms with Gasteiger partial charge in [-0.05, 0) is 18.6 Å². The van der Waals surface area contributed by atoms with Crippen LogP contribution in [0.3, 0.4) is 0 Å². The van der Waals surface area contributed by atoms with Crippen LogP contribution < -0.4 is 15.4 Å². The Morgan fingerprint density at radius 3 is 2.11 bits per heavy atom. The van der Waals surface area contributed by atoms with Crippen LogP contribution in [-0.2, 0) is 27.5 Å². The van der Waals surface area contributed by atoms with E-state index in [0.29, 0.717) is 13.1 Å². The van der Waals surface area contributed by atoms with E-state index in [-0.39, 0.29) is 12.5 Å². The maximum Gasteiger partial charge on any atom is 0.414 e. The monoisotopic (exact) mass is 388 g/mol. The van der Waals surface area contributed by atoms with Crippen LogP contribution >= 0.6 is 0 Å². The predicted octanol–water partition coefficient (Wildman–Crippen LogP) is 1.57. The molecule has 0 heterocycles. The van der Waals surface area contributed by atoms with Gasteiger partial charge in [-0.1, -0.05) is 48.0 Å². The standard InChI is InChI=1S/C18H22N2O2.C2H2O4/c1-14-7-9-15(10-8-14)11-20-18(21)13-19-12-16-5-3-4-6-17(16)22-2;3-1(4)2(5)6/h3-10,19H,11-13H2,1-2H3,(H,20,21);(H,3,4)(H,5,6). The topological polar surface area (TPSA) is 125 Å². The van der Waals surface area contributed by atoms with E-state index in [2.05, 4.69) is 10.6 Å². The van der Waals surface area contributed by atoms with Gasteiger partial charge in [0.15, 0.2) is 0 Å². The molecule has 150 valence electrons. The van der Waals surface area contributed by atoms with Crippen molar-refractivity contribution in [2.24, 2.45) is 0 Å². The number of carboxylic acid groups (broad SMARTS) is 2. The van der Waals surface area contributed by atoms with E-state index >= 15 is 0 Å². The van der Waals surface area contributed by atoms with Gasteiger partial charge in [0.25, 0.3) is 0 Å². The molecule has 0 bridgehead atoms. The number of carboxylic acids is 2. The van der Waals surface area contributed by atoms with Crippen LogP contribution in [0.15, 0.2) is 48.5 Å². The number of amides is 1. The van der Waals surface area contributed by atoms with E-state index in [1.54, 1.807) is 7.11 Å². The van der Waals surface area contributed by atoms with E-state index in [1.165, 1.54) is 5.56 Å². The van der Waals surface area contributed by atoms with Crippen molar-refractivity contribution in [3.8, 4) is 5.75 Å². The van der Waals surface area contributed by atoms with Crippen molar-refractivity contribution >= 4 is 17.8 Å². The Morgan fingerprint density at radius 1 is 0.929 bits per heavy atom. The zero-order chi connectivity index (χ0) is 20.9. The number of aliphatic carboxylic acids is 2. The number of rotatable bonds is 7. The largest absolute Gasteiger partial charge is 0.496 e. The van der Waals surface area contributed by atoms with E-state index in [9.17, 15) is 4.79 Å². The maximum absolute atomic E-state index is 11.8. The van der Waals surface area contributed by atoms with Crippen molar-refractivity contribution in [1.82, 2.24) is 10.6 Å². The fraction of sp³-hybridized carbons (Fsp3) is 0.250. The smallest absolute Gasteiger partial charge is 0.414 e. The summed E-state index contributed by atoms with van der Waals surface area (Å²) in [5.41, 5.74) is 3.36. The van der Waals surface area contributed by atoms with Gasteiger partial charge in [0.05, 0.1) is 13.7 Å². The summed E-state index contributed by atoms with van der Waals surface area (Å²) in [6, 6.07) is 15.9. The molecule has 2 rings (SSSR count). The van der Waals surface area contributed by atoms with Crippen LogP contribution in [0.1, 0.15) is 16.7 Å². The molecule has 0 atom stereocenters. The highest BCUT2D eigenvalue weighted by atomic mass is 16.5. The third-order valence-electron chi connectivity index (χ3n) is 3.59. The summed E-state index contributed by atoms with van der Waals surface area (Å²) in [7, 11) is 1.65. The minimum Gasteiger partial charge on any atom is -0.496 e. The van der Waals surface area contributed by atoms with E-state index in [0.717, 1.165) is 16.9 Å². The molecule has 8 nitrogen and oxygen atoms in total. The van der Waals surface area contributed by atoms with Crippen LogP contribution in [0.5, 0.6) is 5.75 Å². The molecule has 0 unspecified atom stereocenters. The number of benzene rings is 2. The number of ether oxygens (including phenoxy) is 1. The van der Waals surface area contributed by atoms with Gasteiger partial charge in [0.1, 0.15) is 5.75 Å². The average molecular weight is 388 g/mol. The molecule has 2 aromatic carbocycles. The van der Waals surface area contributed by atoms with Gasteiger partial charge in [-0.2, -0.15) is 0 Å². The number of carbonyl (C=O) groups is 3. The minimum atomic E-state index is -1.82. The van der Waals surface area contributed by atoms with Gasteiger partial charge in [-0.15, -0.1) is 0 Å². The number of carbonyl (C=O) groups excluding carboxylic acids is 1. The maximum atomic E-state index is 11.8. The van der Waals surface area contributed by atoms with Gasteiger partial charge >= 0.3 is 11.9 Å². The van der Waals surface area contributed by atoms with Crippen LogP contribution in [0, 0.1) is 6.92 Å². The summed E-state index contributed by atoms with van der Waals surface area (Å²) in [5.74, 6) is -2.84. The first-order valence-electron chi connectivity index (χ1n) is 8.44. The SMILES string of the molecule is COc1ccccc1CNCC(=O)NCc1ccc(C)cc1.O=C(O)C(=O)O. The van der Waals surface area contributed by atoms with Crippen molar-refractivity contribution in [2.75, 3.05) is 13.7 Å². The molecule has 8 heteroatoms. The lowest BCUT2D eigenvalue weighted by Crippen LogP contribution is -2.33. The Labute approximate surface area is 163 Å². The third-order valence-corrected chi connectivity index (χ3v) is 3.59. The molecule has 2 aromatic rings. The van der Waals surface area contributed by atoms with Crippen molar-refractivity contribution in [1.29, 1.82) is 0 Å². The van der Waals surface area contributed by atoms with Gasteiger partial charge in [-0.25, -0.2) is 9.59 Å². The molecule has 0 saturated heterocycles. The van der Waals surface area contributed by atoms with Gasteiger partial charge in [0.2, 0.25) is 5.91 Å². The van der Waals surface area contributed by atoms with Crippen LogP contribution in [0.4, 0.5) is 0 Å². The Kier molecular flexibility index (Phi) is 9.77. The summed E-state index contributed by atoms with van der Waals surface area (Å²) < 4.78 is 5.28. The van der Waals surface area contributed by atoms with Crippen LogP contribution in [0.25, 0.3) is 0 Å². The second-order valence-corrected chi connectivity index (χ2v) is 5.79. The molecule has 1 amide bonds. The fourth-order valence-corrected chi connectivity index (χ4v) is 2.13. The van der Waals surface area contributed by atoms with Gasteiger partial charge in [-0.3, -0.25) is 4.79 Å². The minimum absolute atomic E-state index is 0.0181. The van der Waals surface area contributed by atoms with E-state index < -0.39 is 11.9 Å². The Balaban J connectivity index is 0.000000568. The lowest BCUT2D eigenvalue weighted by Gasteiger charge is -2.10. The molecule has 0 aliphatic heterocycles. The lowest BCUT2D eigenvalue weighted by molar-refractivity contribution is -0.159. The highest BCUT2D eigenvalue weighted by molar-refractivity contribution is 6.27. The Morgan fingerprint density at radius 2 is 1.54 bits per heavy atom. The molecular formula is C20H24N2O6. The van der Waals surface area contributed by atoms with Crippen molar-refractivity contribution in [2.45, 2.75) is 20.0 Å². The molecular weight excluding hydrogens is 364 g/mol. The molecule has 0 aliphatic carbocycles. The van der Waals surface area contributed by atoms with E-state index in [1.807, 2.05) is 55.5 Å². The highest BCUT2D eigenvalue weighted by Crippen LogP contribution is 2.16. The summed E-state index contributed by atoms with van der Waals surface area (Å²) in [4.78, 5) is 30.0. The number of aryl methyl sites for hydroxylation is 1. The second-order valence-electron chi connectivity index (χ2n) is 5.79. The lowest BCUT2D eigenvalue weighted by atomic mass is 10.1.